The van der Waals surface area contributed by atoms with Crippen LogP contribution >= 0.6 is 11.3 Å². The van der Waals surface area contributed by atoms with Gasteiger partial charge in [-0.3, -0.25) is 18.7 Å². The van der Waals surface area contributed by atoms with E-state index in [4.69, 9.17) is 18.6 Å². The number of ether oxygens (including phenoxy) is 3. The minimum absolute atomic E-state index is 0.0714. The van der Waals surface area contributed by atoms with Crippen LogP contribution in [-0.4, -0.2) is 64.4 Å². The third-order valence-corrected chi connectivity index (χ3v) is 10.1. The number of hydrogen-bond donors (Lipinski definition) is 0. The van der Waals surface area contributed by atoms with E-state index in [1.807, 2.05) is 49.4 Å². The van der Waals surface area contributed by atoms with Crippen molar-refractivity contribution in [1.29, 1.82) is 0 Å². The number of oxazole rings is 1. The van der Waals surface area contributed by atoms with Crippen LogP contribution in [0.5, 0.6) is 5.75 Å². The number of rotatable bonds is 9. The molecule has 0 bridgehead atoms. The molecule has 1 atom stereocenters. The van der Waals surface area contributed by atoms with E-state index in [1.165, 1.54) is 22.2 Å². The van der Waals surface area contributed by atoms with E-state index in [0.29, 0.717) is 51.1 Å². The molecule has 1 unspecified atom stereocenters. The first kappa shape index (κ1) is 30.2. The number of amides is 1. The molecule has 1 amide bonds. The molecule has 12 heteroatoms. The minimum atomic E-state index is -0.559. The van der Waals surface area contributed by atoms with E-state index in [0.717, 1.165) is 18.4 Å². The third kappa shape index (κ3) is 5.46. The van der Waals surface area contributed by atoms with Crippen molar-refractivity contribution < 1.29 is 23.4 Å². The number of thiophene rings is 1. The number of fused-ring (bicyclic) bond motifs is 1. The Balaban J connectivity index is 1.33. The lowest BCUT2D eigenvalue weighted by molar-refractivity contribution is -0.0753. The Hall–Kier alpha value is -4.52. The summed E-state index contributed by atoms with van der Waals surface area (Å²) in [6.07, 6.45) is 3.87. The van der Waals surface area contributed by atoms with Gasteiger partial charge in [0.05, 0.1) is 42.3 Å². The van der Waals surface area contributed by atoms with Gasteiger partial charge in [0.2, 0.25) is 5.89 Å². The van der Waals surface area contributed by atoms with Crippen molar-refractivity contribution in [1.82, 2.24) is 19.0 Å². The summed E-state index contributed by atoms with van der Waals surface area (Å²) in [5.41, 5.74) is 1.21. The molecule has 2 aromatic carbocycles. The Morgan fingerprint density at radius 2 is 1.80 bits per heavy atom. The number of hydrogen-bond acceptors (Lipinski definition) is 9. The van der Waals surface area contributed by atoms with Crippen LogP contribution < -0.4 is 16.0 Å². The largest absolute Gasteiger partial charge is 0.496 e. The van der Waals surface area contributed by atoms with Gasteiger partial charge in [-0.15, -0.1) is 11.3 Å². The Kier molecular flexibility index (Phi) is 8.33. The summed E-state index contributed by atoms with van der Waals surface area (Å²) in [6, 6.07) is 16.1. The van der Waals surface area contributed by atoms with E-state index >= 15 is 0 Å². The van der Waals surface area contributed by atoms with Crippen LogP contribution in [0.15, 0.2) is 81.1 Å². The number of likely N-dealkylation sites (tertiary alicyclic amines) is 1. The fourth-order valence-electron chi connectivity index (χ4n) is 6.29. The van der Waals surface area contributed by atoms with Crippen molar-refractivity contribution in [2.45, 2.75) is 44.6 Å². The van der Waals surface area contributed by atoms with Crippen LogP contribution in [0, 0.1) is 6.92 Å². The number of carbonyl (C=O) groups excluding carboxylic acids is 1. The van der Waals surface area contributed by atoms with Gasteiger partial charge in [-0.05, 0) is 43.5 Å². The fourth-order valence-corrected chi connectivity index (χ4v) is 7.53. The number of methoxy groups -OCH3 is 1. The van der Waals surface area contributed by atoms with Crippen LogP contribution in [0.4, 0.5) is 0 Å². The van der Waals surface area contributed by atoms with Gasteiger partial charge in [-0.1, -0.05) is 36.4 Å². The molecule has 46 heavy (non-hydrogen) atoms. The number of benzene rings is 2. The van der Waals surface area contributed by atoms with Crippen LogP contribution in [0.2, 0.25) is 0 Å². The van der Waals surface area contributed by atoms with Gasteiger partial charge in [-0.2, -0.15) is 0 Å². The number of nitrogens with zero attached hydrogens (tertiary/aromatic N) is 4. The van der Waals surface area contributed by atoms with Gasteiger partial charge in [-0.25, -0.2) is 9.78 Å². The van der Waals surface area contributed by atoms with Crippen molar-refractivity contribution in [2.75, 3.05) is 33.4 Å². The van der Waals surface area contributed by atoms with E-state index in [-0.39, 0.29) is 37.2 Å². The molecular weight excluding hydrogens is 608 g/mol. The molecule has 0 spiro atoms. The van der Waals surface area contributed by atoms with E-state index < -0.39 is 17.8 Å². The number of aromatic nitrogens is 3. The van der Waals surface area contributed by atoms with Crippen molar-refractivity contribution in [2.24, 2.45) is 0 Å². The second-order valence-electron chi connectivity index (χ2n) is 11.6. The topological polar surface area (TPSA) is 118 Å². The Labute approximate surface area is 268 Å². The molecular formula is C34H34N4O7S. The second kappa shape index (κ2) is 12.7. The molecule has 0 radical (unpaired) electrons. The molecule has 5 heterocycles. The number of carbonyl (C=O) groups is 1. The van der Waals surface area contributed by atoms with Gasteiger partial charge < -0.3 is 23.5 Å². The van der Waals surface area contributed by atoms with E-state index in [2.05, 4.69) is 4.98 Å². The van der Waals surface area contributed by atoms with Crippen molar-refractivity contribution >= 4 is 27.5 Å². The first-order valence-corrected chi connectivity index (χ1v) is 16.1. The minimum Gasteiger partial charge on any atom is -0.496 e. The predicted octanol–water partition coefficient (Wildman–Crippen LogP) is 4.83. The smallest absolute Gasteiger partial charge is 0.332 e. The van der Waals surface area contributed by atoms with Crippen LogP contribution in [0.1, 0.15) is 46.5 Å². The number of para-hydroxylation sites is 1. The van der Waals surface area contributed by atoms with Crippen LogP contribution in [-0.2, 0) is 16.0 Å². The third-order valence-electron chi connectivity index (χ3n) is 8.76. The summed E-state index contributed by atoms with van der Waals surface area (Å²) in [5, 5.41) is 0.426. The van der Waals surface area contributed by atoms with Gasteiger partial charge in [0, 0.05) is 37.4 Å². The fraction of sp³-hybridized carbons (Fsp3) is 0.353. The summed E-state index contributed by atoms with van der Waals surface area (Å²) >= 11 is 1.30. The quantitative estimate of drug-likeness (QED) is 0.225. The maximum Gasteiger partial charge on any atom is 0.332 e. The average molecular weight is 643 g/mol. The molecule has 2 aliphatic rings. The molecule has 5 aromatic rings. The van der Waals surface area contributed by atoms with Gasteiger partial charge >= 0.3 is 5.69 Å². The zero-order valence-corrected chi connectivity index (χ0v) is 26.4. The highest BCUT2D eigenvalue weighted by atomic mass is 32.1. The lowest BCUT2D eigenvalue weighted by Gasteiger charge is -2.40. The summed E-state index contributed by atoms with van der Waals surface area (Å²) in [7, 11) is 1.61. The summed E-state index contributed by atoms with van der Waals surface area (Å²) in [6.45, 7) is 3.68. The lowest BCUT2D eigenvalue weighted by atomic mass is 10.1. The van der Waals surface area contributed by atoms with Gasteiger partial charge in [0.1, 0.15) is 22.9 Å². The second-order valence-corrected chi connectivity index (χ2v) is 12.5. The summed E-state index contributed by atoms with van der Waals surface area (Å²) in [4.78, 5) is 49.0. The van der Waals surface area contributed by atoms with Crippen LogP contribution in [0.3, 0.4) is 0 Å². The first-order chi connectivity index (χ1) is 22.4. The molecule has 238 valence electrons. The lowest BCUT2D eigenvalue weighted by Crippen LogP contribution is -2.57. The SMILES string of the molecule is COc1ccccc1C(Cn1c(=O)n(C2CN(C(=O)c3ccccc3)C2)c(=O)c2c(C)c(-c3ncco3)sc21)OC1CCOCC1. The standard InChI is InChI=1S/C34H34N4O7S/c1-21-28-32(40)38(23-18-36(19-23)31(39)22-8-4-3-5-9-22)34(41)37(33(28)46-29(21)30-35-14-17-44-30)20-27(45-24-12-15-43-16-13-24)25-10-6-7-11-26(25)42-2/h3-11,14,17,23-24,27H,12-13,15-16,18-20H2,1-2H3. The molecule has 7 rings (SSSR count). The molecule has 3 aromatic heterocycles. The summed E-state index contributed by atoms with van der Waals surface area (Å²) in [5.74, 6) is 0.894. The van der Waals surface area contributed by atoms with Gasteiger partial charge in [0.15, 0.2) is 0 Å². The average Bonchev–Trinajstić information content (AvgIpc) is 3.72. The van der Waals surface area contributed by atoms with Crippen LogP contribution in [0.25, 0.3) is 21.0 Å². The molecule has 0 N–H and O–H groups in total. The highest BCUT2D eigenvalue weighted by molar-refractivity contribution is 7.22. The maximum atomic E-state index is 14.5. The van der Waals surface area contributed by atoms with E-state index in [1.54, 1.807) is 34.9 Å². The normalized spacial score (nSPS) is 16.4. The molecule has 0 aliphatic carbocycles. The maximum absolute atomic E-state index is 14.5. The monoisotopic (exact) mass is 642 g/mol. The van der Waals surface area contributed by atoms with Crippen molar-refractivity contribution in [3.8, 4) is 16.5 Å². The number of aryl methyl sites for hydroxylation is 1. The summed E-state index contributed by atoms with van der Waals surface area (Å²) < 4.78 is 26.6. The van der Waals surface area contributed by atoms with Crippen molar-refractivity contribution in [3.05, 3.63) is 105 Å². The highest BCUT2D eigenvalue weighted by Crippen LogP contribution is 2.38. The van der Waals surface area contributed by atoms with Crippen molar-refractivity contribution in [3.63, 3.8) is 0 Å². The molecule has 11 nitrogen and oxygen atoms in total. The Morgan fingerprint density at radius 3 is 2.52 bits per heavy atom. The van der Waals surface area contributed by atoms with Gasteiger partial charge in [0.25, 0.3) is 11.5 Å². The zero-order valence-electron chi connectivity index (χ0n) is 25.6. The Bertz CT molecular complexity index is 1970. The molecule has 2 fully saturated rings. The molecule has 2 aliphatic heterocycles. The Morgan fingerprint density at radius 1 is 1.07 bits per heavy atom. The highest BCUT2D eigenvalue weighted by Gasteiger charge is 2.36. The molecule has 2 saturated heterocycles. The van der Waals surface area contributed by atoms with E-state index in [9.17, 15) is 14.4 Å². The first-order valence-electron chi connectivity index (χ1n) is 15.3. The molecule has 0 saturated carbocycles. The predicted molar refractivity (Wildman–Crippen MR) is 173 cm³/mol. The zero-order chi connectivity index (χ0) is 31.8.